The molecule has 0 N–H and O–H groups in total. The maximum Gasteiger partial charge on any atom is 0.0269 e. The fourth-order valence-corrected chi connectivity index (χ4v) is 1.19. The second kappa shape index (κ2) is 2.49. The first-order valence-electron chi connectivity index (χ1n) is 3.47. The van der Waals surface area contributed by atoms with Crippen molar-refractivity contribution < 1.29 is 0 Å². The number of nitrogens with zero attached hydrogens (tertiary/aromatic N) is 1. The maximum absolute atomic E-state index is 4.44. The van der Waals surface area contributed by atoms with Gasteiger partial charge in [0, 0.05) is 12.6 Å². The van der Waals surface area contributed by atoms with Gasteiger partial charge in [-0.05, 0) is 18.8 Å². The van der Waals surface area contributed by atoms with E-state index in [-0.39, 0.29) is 0 Å². The molecular weight excluding hydrogens is 98.1 g/mol. The summed E-state index contributed by atoms with van der Waals surface area (Å²) in [6, 6.07) is 0.690. The minimum Gasteiger partial charge on any atom is -0.238 e. The quantitative estimate of drug-likeness (QED) is 0.487. The third-order valence-corrected chi connectivity index (χ3v) is 1.79. The molecule has 1 saturated heterocycles. The van der Waals surface area contributed by atoms with E-state index < -0.39 is 0 Å². The Morgan fingerprint density at radius 1 is 1.50 bits per heavy atom. The Morgan fingerprint density at radius 3 is 2.50 bits per heavy atom. The molecule has 1 fully saturated rings. The van der Waals surface area contributed by atoms with Crippen LogP contribution in [0.5, 0.6) is 0 Å². The van der Waals surface area contributed by atoms with Crippen LogP contribution in [0.15, 0.2) is 0 Å². The van der Waals surface area contributed by atoms with E-state index >= 15 is 0 Å². The van der Waals surface area contributed by atoms with Crippen molar-refractivity contribution in [2.75, 3.05) is 6.54 Å². The van der Waals surface area contributed by atoms with E-state index in [4.69, 9.17) is 0 Å². The predicted octanol–water partition coefficient (Wildman–Crippen LogP) is 1.41. The van der Waals surface area contributed by atoms with Gasteiger partial charge in [0.15, 0.2) is 0 Å². The second-order valence-corrected chi connectivity index (χ2v) is 2.86. The van der Waals surface area contributed by atoms with Gasteiger partial charge in [-0.3, -0.25) is 0 Å². The molecule has 47 valence electrons. The summed E-state index contributed by atoms with van der Waals surface area (Å²) in [4.78, 5) is 0. The van der Waals surface area contributed by atoms with Gasteiger partial charge in [0.1, 0.15) is 0 Å². The summed E-state index contributed by atoms with van der Waals surface area (Å²) in [5.41, 5.74) is 0. The zero-order valence-corrected chi connectivity index (χ0v) is 5.72. The number of rotatable bonds is 1. The highest BCUT2D eigenvalue weighted by molar-refractivity contribution is 4.75. The van der Waals surface area contributed by atoms with Crippen LogP contribution in [0.4, 0.5) is 0 Å². The van der Waals surface area contributed by atoms with Crippen LogP contribution in [0.3, 0.4) is 0 Å². The van der Waals surface area contributed by atoms with Crippen molar-refractivity contribution in [3.8, 4) is 0 Å². The molecule has 0 aliphatic carbocycles. The average Bonchev–Trinajstić information content (AvgIpc) is 2.12. The molecule has 0 amide bonds. The van der Waals surface area contributed by atoms with Gasteiger partial charge >= 0.3 is 0 Å². The largest absolute Gasteiger partial charge is 0.238 e. The Balaban J connectivity index is 2.24. The molecule has 1 nitrogen and oxygen atoms in total. The highest BCUT2D eigenvalue weighted by atomic mass is 14.9. The minimum atomic E-state index is 0.690. The molecule has 0 aromatic rings. The SMILES string of the molecule is CC(C)[C@@H]1CCC[N]1. The van der Waals surface area contributed by atoms with E-state index in [0.717, 1.165) is 12.5 Å². The first-order valence-corrected chi connectivity index (χ1v) is 3.47. The van der Waals surface area contributed by atoms with Crippen LogP contribution in [0, 0.1) is 5.92 Å². The van der Waals surface area contributed by atoms with E-state index in [1.165, 1.54) is 12.8 Å². The Hall–Kier alpha value is -0.0400. The lowest BCUT2D eigenvalue weighted by Gasteiger charge is -2.10. The summed E-state index contributed by atoms with van der Waals surface area (Å²) < 4.78 is 0. The Morgan fingerprint density at radius 2 is 2.25 bits per heavy atom. The van der Waals surface area contributed by atoms with Crippen LogP contribution in [0.2, 0.25) is 0 Å². The zero-order chi connectivity index (χ0) is 5.98. The van der Waals surface area contributed by atoms with Gasteiger partial charge in [0.2, 0.25) is 0 Å². The van der Waals surface area contributed by atoms with E-state index in [1.54, 1.807) is 0 Å². The third kappa shape index (κ3) is 1.22. The van der Waals surface area contributed by atoms with Gasteiger partial charge in [0.25, 0.3) is 0 Å². The van der Waals surface area contributed by atoms with Crippen molar-refractivity contribution in [2.45, 2.75) is 32.7 Å². The molecule has 1 rings (SSSR count). The van der Waals surface area contributed by atoms with Crippen molar-refractivity contribution in [1.82, 2.24) is 5.32 Å². The van der Waals surface area contributed by atoms with Crippen LogP contribution < -0.4 is 5.32 Å². The molecule has 1 atom stereocenters. The van der Waals surface area contributed by atoms with Crippen LogP contribution >= 0.6 is 0 Å². The number of hydrogen-bond acceptors (Lipinski definition) is 0. The molecular formula is C7H14N. The summed E-state index contributed by atoms with van der Waals surface area (Å²) in [5.74, 6) is 0.775. The smallest absolute Gasteiger partial charge is 0.0269 e. The normalized spacial score (nSPS) is 29.6. The van der Waals surface area contributed by atoms with Gasteiger partial charge in [-0.1, -0.05) is 13.8 Å². The Kier molecular flexibility index (Phi) is 1.90. The standard InChI is InChI=1S/C7H14N/c1-6(2)7-4-3-5-8-7/h6-7H,3-5H2,1-2H3/t7-/m0/s1. The van der Waals surface area contributed by atoms with E-state index in [9.17, 15) is 0 Å². The monoisotopic (exact) mass is 112 g/mol. The van der Waals surface area contributed by atoms with E-state index in [0.29, 0.717) is 6.04 Å². The molecule has 1 heterocycles. The fraction of sp³-hybridized carbons (Fsp3) is 1.00. The first-order chi connectivity index (χ1) is 3.80. The summed E-state index contributed by atoms with van der Waals surface area (Å²) in [5, 5.41) is 4.44. The highest BCUT2D eigenvalue weighted by Gasteiger charge is 2.17. The maximum atomic E-state index is 4.44. The Bertz CT molecular complexity index is 62.8. The molecule has 0 aromatic heterocycles. The number of hydrogen-bond donors (Lipinski definition) is 0. The molecule has 0 unspecified atom stereocenters. The van der Waals surface area contributed by atoms with Gasteiger partial charge in [-0.15, -0.1) is 0 Å². The molecule has 1 aliphatic rings. The van der Waals surface area contributed by atoms with Crippen molar-refractivity contribution >= 4 is 0 Å². The molecule has 0 aromatic carbocycles. The lowest BCUT2D eigenvalue weighted by Crippen LogP contribution is -2.20. The summed E-state index contributed by atoms with van der Waals surface area (Å²) in [6.45, 7) is 5.61. The van der Waals surface area contributed by atoms with Crippen molar-refractivity contribution in [3.05, 3.63) is 0 Å². The topological polar surface area (TPSA) is 14.1 Å². The first kappa shape index (κ1) is 6.09. The molecule has 0 spiro atoms. The minimum absolute atomic E-state index is 0.690. The average molecular weight is 112 g/mol. The Labute approximate surface area is 51.5 Å². The van der Waals surface area contributed by atoms with E-state index in [1.807, 2.05) is 0 Å². The molecule has 0 bridgehead atoms. The molecule has 0 saturated carbocycles. The summed E-state index contributed by atoms with van der Waals surface area (Å²) >= 11 is 0. The van der Waals surface area contributed by atoms with Crippen molar-refractivity contribution in [2.24, 2.45) is 5.92 Å². The van der Waals surface area contributed by atoms with Gasteiger partial charge < -0.3 is 0 Å². The predicted molar refractivity (Wildman–Crippen MR) is 34.9 cm³/mol. The van der Waals surface area contributed by atoms with Gasteiger partial charge in [-0.2, -0.15) is 0 Å². The van der Waals surface area contributed by atoms with Crippen LogP contribution in [-0.2, 0) is 0 Å². The van der Waals surface area contributed by atoms with Crippen LogP contribution in [-0.4, -0.2) is 12.6 Å². The third-order valence-electron chi connectivity index (χ3n) is 1.79. The summed E-state index contributed by atoms with van der Waals surface area (Å²) in [7, 11) is 0. The molecule has 1 heteroatoms. The molecule has 8 heavy (non-hydrogen) atoms. The second-order valence-electron chi connectivity index (χ2n) is 2.86. The lowest BCUT2D eigenvalue weighted by molar-refractivity contribution is 0.446. The molecule has 1 radical (unpaired) electrons. The van der Waals surface area contributed by atoms with Crippen LogP contribution in [0.25, 0.3) is 0 Å². The zero-order valence-electron chi connectivity index (χ0n) is 5.72. The van der Waals surface area contributed by atoms with Gasteiger partial charge in [-0.25, -0.2) is 5.32 Å². The molecule has 1 aliphatic heterocycles. The highest BCUT2D eigenvalue weighted by Crippen LogP contribution is 2.14. The summed E-state index contributed by atoms with van der Waals surface area (Å²) in [6.07, 6.45) is 2.65. The van der Waals surface area contributed by atoms with E-state index in [2.05, 4.69) is 19.2 Å². The fourth-order valence-electron chi connectivity index (χ4n) is 1.19. The van der Waals surface area contributed by atoms with Crippen molar-refractivity contribution in [1.29, 1.82) is 0 Å². The van der Waals surface area contributed by atoms with Crippen LogP contribution in [0.1, 0.15) is 26.7 Å². The van der Waals surface area contributed by atoms with Crippen molar-refractivity contribution in [3.63, 3.8) is 0 Å². The lowest BCUT2D eigenvalue weighted by atomic mass is 10.0. The van der Waals surface area contributed by atoms with Gasteiger partial charge in [0.05, 0.1) is 0 Å².